The van der Waals surface area contributed by atoms with Gasteiger partial charge in [-0.2, -0.15) is 4.98 Å². The Morgan fingerprint density at radius 2 is 1.77 bits per heavy atom. The molecule has 8 nitrogen and oxygen atoms in total. The molecule has 0 spiro atoms. The maximum absolute atomic E-state index is 6.44. The maximum Gasteiger partial charge on any atom is 0.335 e. The molecule has 1 aromatic carbocycles. The molecule has 1 atom stereocenters. The van der Waals surface area contributed by atoms with E-state index < -0.39 is 0 Å². The van der Waals surface area contributed by atoms with Crippen LogP contribution in [0.2, 0.25) is 5.02 Å². The molecule has 1 saturated heterocycles. The normalized spacial score (nSPS) is 20.2. The number of rotatable bonds is 8. The molecule has 2 aliphatic rings. The second kappa shape index (κ2) is 12.0. The number of aromatic nitrogens is 3. The van der Waals surface area contributed by atoms with Crippen LogP contribution in [0.1, 0.15) is 51.4 Å². The van der Waals surface area contributed by atoms with Gasteiger partial charge in [0, 0.05) is 31.6 Å². The van der Waals surface area contributed by atoms with Gasteiger partial charge in [-0.1, -0.05) is 24.4 Å². The molecule has 1 saturated carbocycles. The van der Waals surface area contributed by atoms with Crippen LogP contribution in [-0.4, -0.2) is 71.3 Å². The quantitative estimate of drug-likeness (QED) is 0.275. The molecule has 10 heteroatoms. The van der Waals surface area contributed by atoms with Crippen molar-refractivity contribution < 1.29 is 4.74 Å². The number of quaternary nitrogens is 1. The minimum atomic E-state index is 0.245. The average Bonchev–Trinajstić information content (AvgIpc) is 3.13. The summed E-state index contributed by atoms with van der Waals surface area (Å²) in [6.45, 7) is 2.20. The summed E-state index contributed by atoms with van der Waals surface area (Å²) in [5.41, 5.74) is 7.05. The highest BCUT2D eigenvalue weighted by Gasteiger charge is 2.46. The summed E-state index contributed by atoms with van der Waals surface area (Å²) in [5.74, 6) is 2.67. The van der Waals surface area contributed by atoms with Crippen LogP contribution in [0.5, 0.6) is 5.75 Å². The van der Waals surface area contributed by atoms with Crippen LogP contribution in [0.3, 0.4) is 0 Å². The first-order chi connectivity index (χ1) is 16.9. The summed E-state index contributed by atoms with van der Waals surface area (Å²) in [6, 6.07) is 6.55. The minimum absolute atomic E-state index is 0.245. The predicted octanol–water partition coefficient (Wildman–Crippen LogP) is 5.30. The molecule has 1 aromatic heterocycles. The van der Waals surface area contributed by atoms with E-state index >= 15 is 0 Å². The van der Waals surface area contributed by atoms with E-state index in [2.05, 4.69) is 29.3 Å². The average molecular weight is 521 g/mol. The lowest BCUT2D eigenvalue weighted by molar-refractivity contribution is 0.0961. The van der Waals surface area contributed by atoms with Gasteiger partial charge in [0.05, 0.1) is 24.2 Å². The van der Waals surface area contributed by atoms with Gasteiger partial charge in [0.25, 0.3) is 0 Å². The van der Waals surface area contributed by atoms with Crippen molar-refractivity contribution in [3.05, 3.63) is 23.2 Å². The van der Waals surface area contributed by atoms with Crippen LogP contribution >= 0.6 is 23.4 Å². The third kappa shape index (κ3) is 6.31. The summed E-state index contributed by atoms with van der Waals surface area (Å²) in [7, 11) is 4.54. The summed E-state index contributed by atoms with van der Waals surface area (Å²) < 4.78 is 6.40. The number of hydrogen-bond donors (Lipinski definition) is 2. The highest BCUT2D eigenvalue weighted by atomic mass is 35.5. The van der Waals surface area contributed by atoms with Crippen molar-refractivity contribution in [2.24, 2.45) is 0 Å². The van der Waals surface area contributed by atoms with E-state index in [1.54, 1.807) is 11.8 Å². The zero-order valence-electron chi connectivity index (χ0n) is 21.2. The summed E-state index contributed by atoms with van der Waals surface area (Å²) in [6.07, 6.45) is 11.8. The minimum Gasteiger partial charge on any atom is -0.481 e. The number of nitrogen functional groups attached to an aromatic ring is 1. The fourth-order valence-electron chi connectivity index (χ4n) is 5.55. The lowest BCUT2D eigenvalue weighted by atomic mass is 9.95. The number of piperidine rings is 1. The van der Waals surface area contributed by atoms with Crippen molar-refractivity contribution in [3.8, 4) is 5.75 Å². The number of ether oxygens (including phenoxy) is 1. The van der Waals surface area contributed by atoms with Crippen LogP contribution < -0.4 is 20.3 Å². The first-order valence-corrected chi connectivity index (χ1v) is 14.4. The fourth-order valence-corrected chi connectivity index (χ4v) is 6.03. The second-order valence-corrected chi connectivity index (χ2v) is 11.2. The van der Waals surface area contributed by atoms with Crippen molar-refractivity contribution in [1.82, 2.24) is 24.3 Å². The number of nitrogens with zero attached hydrogens (tertiary/aromatic N) is 5. The summed E-state index contributed by atoms with van der Waals surface area (Å²) >= 11 is 8.04. The standard InChI is InChI=1S/C25H39ClN7OS/c1-32-14-12-20(13-15-32)33(2,19-8-6-4-5-7-9-19)25-30-23(27)29-24(31-25)28-18-10-11-22(21(26)16-18)34-17-35-3/h10-11,16,19-20H,4-9,12-15,17H2,1-3H3,(H3,27,28,29,30,31)/q+1. The van der Waals surface area contributed by atoms with E-state index in [0.29, 0.717) is 34.7 Å². The van der Waals surface area contributed by atoms with Crippen LogP contribution in [0.25, 0.3) is 0 Å². The highest BCUT2D eigenvalue weighted by Crippen LogP contribution is 2.37. The highest BCUT2D eigenvalue weighted by molar-refractivity contribution is 7.98. The molecular formula is C25H39ClN7OS+. The molecule has 192 valence electrons. The molecule has 2 heterocycles. The lowest BCUT2D eigenvalue weighted by Gasteiger charge is -2.47. The Kier molecular flexibility index (Phi) is 8.97. The largest absolute Gasteiger partial charge is 0.481 e. The lowest BCUT2D eigenvalue weighted by Crippen LogP contribution is -2.63. The third-order valence-electron chi connectivity index (χ3n) is 7.62. The van der Waals surface area contributed by atoms with Gasteiger partial charge in [0.1, 0.15) is 11.7 Å². The van der Waals surface area contributed by atoms with Crippen molar-refractivity contribution in [3.63, 3.8) is 0 Å². The first kappa shape index (κ1) is 26.3. The summed E-state index contributed by atoms with van der Waals surface area (Å²) in [5, 5.41) is 3.84. The zero-order chi connectivity index (χ0) is 24.8. The van der Waals surface area contributed by atoms with Crippen molar-refractivity contribution in [2.75, 3.05) is 50.4 Å². The second-order valence-electron chi connectivity index (χ2n) is 9.97. The number of halogens is 1. The number of thioether (sulfide) groups is 1. The Balaban J connectivity index is 1.64. The van der Waals surface area contributed by atoms with Crippen molar-refractivity contribution in [1.29, 1.82) is 0 Å². The Bertz CT molecular complexity index is 980. The molecule has 1 unspecified atom stereocenters. The van der Waals surface area contributed by atoms with Crippen LogP contribution in [0.4, 0.5) is 23.5 Å². The van der Waals surface area contributed by atoms with E-state index in [1.807, 2.05) is 24.5 Å². The van der Waals surface area contributed by atoms with Gasteiger partial charge in [-0.25, -0.2) is 0 Å². The molecule has 2 aromatic rings. The molecule has 3 N–H and O–H groups in total. The van der Waals surface area contributed by atoms with Gasteiger partial charge >= 0.3 is 5.95 Å². The Labute approximate surface area is 218 Å². The van der Waals surface area contributed by atoms with Gasteiger partial charge in [0.2, 0.25) is 11.9 Å². The monoisotopic (exact) mass is 520 g/mol. The van der Waals surface area contributed by atoms with E-state index in [-0.39, 0.29) is 5.95 Å². The van der Waals surface area contributed by atoms with Gasteiger partial charge in [-0.15, -0.1) is 21.7 Å². The van der Waals surface area contributed by atoms with Crippen molar-refractivity contribution >= 4 is 46.9 Å². The number of nitrogens with one attached hydrogen (secondary N) is 1. The van der Waals surface area contributed by atoms with Gasteiger partial charge in [-0.3, -0.25) is 4.48 Å². The zero-order valence-corrected chi connectivity index (χ0v) is 22.7. The van der Waals surface area contributed by atoms with Crippen LogP contribution in [0, 0.1) is 0 Å². The van der Waals surface area contributed by atoms with Gasteiger partial charge in [0.15, 0.2) is 0 Å². The number of nitrogens with two attached hydrogens (primary N) is 1. The molecule has 1 aliphatic carbocycles. The number of benzene rings is 1. The molecule has 4 rings (SSSR count). The first-order valence-electron chi connectivity index (χ1n) is 12.6. The molecule has 1 aliphatic heterocycles. The van der Waals surface area contributed by atoms with E-state index in [1.165, 1.54) is 38.5 Å². The van der Waals surface area contributed by atoms with Crippen molar-refractivity contribution in [2.45, 2.75) is 63.5 Å². The predicted molar refractivity (Wildman–Crippen MR) is 148 cm³/mol. The third-order valence-corrected chi connectivity index (χ3v) is 8.27. The molecule has 2 fully saturated rings. The number of hydrogen-bond acceptors (Lipinski definition) is 8. The van der Waals surface area contributed by atoms with E-state index in [4.69, 9.17) is 32.0 Å². The Morgan fingerprint density at radius 3 is 2.43 bits per heavy atom. The number of anilines is 3. The number of likely N-dealkylation sites (tertiary alicyclic amines) is 1. The maximum atomic E-state index is 6.44. The van der Waals surface area contributed by atoms with Crippen LogP contribution in [-0.2, 0) is 0 Å². The van der Waals surface area contributed by atoms with E-state index in [0.717, 1.165) is 42.0 Å². The topological polar surface area (TPSA) is 89.2 Å². The molecule has 0 radical (unpaired) electrons. The molecule has 0 amide bonds. The van der Waals surface area contributed by atoms with Gasteiger partial charge in [-0.05, 0) is 57.2 Å². The Morgan fingerprint density at radius 1 is 1.09 bits per heavy atom. The fraction of sp³-hybridized carbons (Fsp3) is 0.640. The SMILES string of the molecule is CSCOc1ccc(Nc2nc(N)nc([N+](C)(C3CCCCCC3)C3CCN(C)CC3)n2)cc1Cl. The van der Waals surface area contributed by atoms with E-state index in [9.17, 15) is 0 Å². The molecule has 0 bridgehead atoms. The van der Waals surface area contributed by atoms with Crippen LogP contribution in [0.15, 0.2) is 18.2 Å². The molecular weight excluding hydrogens is 482 g/mol. The summed E-state index contributed by atoms with van der Waals surface area (Å²) in [4.78, 5) is 16.5. The smallest absolute Gasteiger partial charge is 0.335 e. The Hall–Kier alpha value is -1.81. The molecule has 35 heavy (non-hydrogen) atoms. The van der Waals surface area contributed by atoms with Gasteiger partial charge < -0.3 is 20.7 Å².